The molecule has 0 radical (unpaired) electrons. The van der Waals surface area contributed by atoms with Crippen molar-refractivity contribution in [2.75, 3.05) is 47.1 Å². The summed E-state index contributed by atoms with van der Waals surface area (Å²) in [5, 5.41) is 13.5. The minimum atomic E-state index is -0.359. The highest BCUT2D eigenvalue weighted by Crippen LogP contribution is 2.41. The third-order valence-corrected chi connectivity index (χ3v) is 4.42. The Morgan fingerprint density at radius 2 is 1.86 bits per heavy atom. The van der Waals surface area contributed by atoms with Crippen LogP contribution in [-0.2, 0) is 9.47 Å². The minimum Gasteiger partial charge on any atom is -0.385 e. The molecular weight excluding hydrogens is 266 g/mol. The van der Waals surface area contributed by atoms with Crippen LogP contribution in [0.2, 0.25) is 0 Å². The summed E-state index contributed by atoms with van der Waals surface area (Å²) in [5.74, 6) is 0.524. The molecule has 1 atom stereocenters. The topological polar surface area (TPSA) is 57.5 Å². The number of ether oxygens (including phenoxy) is 2. The van der Waals surface area contributed by atoms with E-state index in [9.17, 15) is 5.26 Å². The van der Waals surface area contributed by atoms with Crippen LogP contribution in [0.3, 0.4) is 0 Å². The van der Waals surface area contributed by atoms with Crippen LogP contribution in [-0.4, -0.2) is 63.5 Å². The molecule has 0 bridgehead atoms. The van der Waals surface area contributed by atoms with E-state index < -0.39 is 0 Å². The van der Waals surface area contributed by atoms with Crippen molar-refractivity contribution in [1.29, 1.82) is 5.26 Å². The SMILES string of the molecule is COCCCN(CCOC)CC(C#N)(NC1CC1)C1CC1. The molecule has 2 aliphatic carbocycles. The van der Waals surface area contributed by atoms with Crippen LogP contribution >= 0.6 is 0 Å². The van der Waals surface area contributed by atoms with Crippen LogP contribution in [0.4, 0.5) is 0 Å². The average Bonchev–Trinajstić information content (AvgIpc) is 3.37. The van der Waals surface area contributed by atoms with Crippen LogP contribution in [0.15, 0.2) is 0 Å². The van der Waals surface area contributed by atoms with Crippen molar-refractivity contribution in [2.45, 2.75) is 43.7 Å². The summed E-state index contributed by atoms with van der Waals surface area (Å²) in [6.45, 7) is 4.12. The van der Waals surface area contributed by atoms with Gasteiger partial charge >= 0.3 is 0 Å². The van der Waals surface area contributed by atoms with E-state index in [4.69, 9.17) is 9.47 Å². The highest BCUT2D eigenvalue weighted by molar-refractivity contribution is 5.18. The molecule has 21 heavy (non-hydrogen) atoms. The largest absolute Gasteiger partial charge is 0.385 e. The lowest BCUT2D eigenvalue weighted by Crippen LogP contribution is -2.56. The molecule has 0 aliphatic heterocycles. The van der Waals surface area contributed by atoms with Crippen LogP contribution < -0.4 is 5.32 Å². The zero-order chi connectivity index (χ0) is 15.1. The molecule has 0 saturated heterocycles. The molecule has 2 fully saturated rings. The van der Waals surface area contributed by atoms with Crippen molar-refractivity contribution in [2.24, 2.45) is 5.92 Å². The number of hydrogen-bond donors (Lipinski definition) is 1. The first-order valence-corrected chi connectivity index (χ1v) is 8.13. The van der Waals surface area contributed by atoms with Gasteiger partial charge in [-0.15, -0.1) is 0 Å². The summed E-state index contributed by atoms with van der Waals surface area (Å²) in [7, 11) is 3.46. The Kier molecular flexibility index (Phi) is 6.43. The van der Waals surface area contributed by atoms with Crippen molar-refractivity contribution in [3.8, 4) is 6.07 Å². The number of nitrogens with zero attached hydrogens (tertiary/aromatic N) is 2. The van der Waals surface area contributed by atoms with Crippen molar-refractivity contribution in [1.82, 2.24) is 10.2 Å². The maximum absolute atomic E-state index is 9.81. The fourth-order valence-corrected chi connectivity index (χ4v) is 2.90. The van der Waals surface area contributed by atoms with E-state index in [0.29, 0.717) is 18.6 Å². The lowest BCUT2D eigenvalue weighted by Gasteiger charge is -2.34. The molecule has 120 valence electrons. The quantitative estimate of drug-likeness (QED) is 0.552. The summed E-state index contributed by atoms with van der Waals surface area (Å²) >= 11 is 0. The molecule has 2 aliphatic rings. The molecular formula is C16H29N3O2. The molecule has 0 aromatic carbocycles. The molecule has 5 heteroatoms. The van der Waals surface area contributed by atoms with Crippen molar-refractivity contribution in [3.63, 3.8) is 0 Å². The Balaban J connectivity index is 1.93. The third-order valence-electron chi connectivity index (χ3n) is 4.42. The Morgan fingerprint density at radius 1 is 1.14 bits per heavy atom. The van der Waals surface area contributed by atoms with E-state index in [1.54, 1.807) is 14.2 Å². The molecule has 2 saturated carbocycles. The van der Waals surface area contributed by atoms with Gasteiger partial charge in [0.25, 0.3) is 0 Å². The highest BCUT2D eigenvalue weighted by atomic mass is 16.5. The molecule has 5 nitrogen and oxygen atoms in total. The molecule has 0 aromatic heterocycles. The molecule has 0 aromatic rings. The molecule has 2 rings (SSSR count). The van der Waals surface area contributed by atoms with Gasteiger partial charge in [0.05, 0.1) is 12.7 Å². The van der Waals surface area contributed by atoms with Crippen molar-refractivity contribution in [3.05, 3.63) is 0 Å². The minimum absolute atomic E-state index is 0.359. The molecule has 0 heterocycles. The van der Waals surface area contributed by atoms with E-state index in [-0.39, 0.29) is 5.54 Å². The van der Waals surface area contributed by atoms with Gasteiger partial charge in [-0.1, -0.05) is 0 Å². The fraction of sp³-hybridized carbons (Fsp3) is 0.938. The van der Waals surface area contributed by atoms with E-state index >= 15 is 0 Å². The first kappa shape index (κ1) is 16.7. The van der Waals surface area contributed by atoms with Crippen LogP contribution in [0.5, 0.6) is 0 Å². The monoisotopic (exact) mass is 295 g/mol. The average molecular weight is 295 g/mol. The Hall–Kier alpha value is -0.670. The maximum atomic E-state index is 9.81. The normalized spacial score (nSPS) is 21.2. The second kappa shape index (κ2) is 8.09. The van der Waals surface area contributed by atoms with Gasteiger partial charge in [-0.3, -0.25) is 10.2 Å². The predicted octanol–water partition coefficient (Wildman–Crippen LogP) is 1.40. The summed E-state index contributed by atoms with van der Waals surface area (Å²) in [6, 6.07) is 3.18. The Morgan fingerprint density at radius 3 is 2.38 bits per heavy atom. The first-order valence-electron chi connectivity index (χ1n) is 8.13. The number of rotatable bonds is 12. The molecule has 1 N–H and O–H groups in total. The number of nitriles is 1. The predicted molar refractivity (Wildman–Crippen MR) is 82.0 cm³/mol. The van der Waals surface area contributed by atoms with E-state index in [1.807, 2.05) is 0 Å². The lowest BCUT2D eigenvalue weighted by atomic mass is 9.93. The number of nitrogens with one attached hydrogen (secondary N) is 1. The van der Waals surface area contributed by atoms with Gasteiger partial charge in [0.1, 0.15) is 5.54 Å². The van der Waals surface area contributed by atoms with Crippen molar-refractivity contribution >= 4 is 0 Å². The zero-order valence-electron chi connectivity index (χ0n) is 13.4. The second-order valence-corrected chi connectivity index (χ2v) is 6.39. The smallest absolute Gasteiger partial charge is 0.122 e. The second-order valence-electron chi connectivity index (χ2n) is 6.39. The molecule has 0 amide bonds. The van der Waals surface area contributed by atoms with Gasteiger partial charge in [0.15, 0.2) is 0 Å². The Labute approximate surface area is 128 Å². The van der Waals surface area contributed by atoms with E-state index in [0.717, 1.165) is 32.7 Å². The summed E-state index contributed by atoms with van der Waals surface area (Å²) in [5.41, 5.74) is -0.359. The third kappa shape index (κ3) is 5.23. The highest BCUT2D eigenvalue weighted by Gasteiger charge is 2.48. The first-order chi connectivity index (χ1) is 10.2. The van der Waals surface area contributed by atoms with Gasteiger partial charge < -0.3 is 9.47 Å². The van der Waals surface area contributed by atoms with Gasteiger partial charge in [-0.2, -0.15) is 5.26 Å². The van der Waals surface area contributed by atoms with Gasteiger partial charge in [-0.25, -0.2) is 0 Å². The van der Waals surface area contributed by atoms with Gasteiger partial charge in [0.2, 0.25) is 0 Å². The lowest BCUT2D eigenvalue weighted by molar-refractivity contribution is 0.114. The standard InChI is InChI=1S/C16H29N3O2/c1-20-10-3-8-19(9-11-21-2)13-16(12-17,14-4-5-14)18-15-6-7-15/h14-15,18H,3-11,13H2,1-2H3. The van der Waals surface area contributed by atoms with Crippen LogP contribution in [0.1, 0.15) is 32.1 Å². The van der Waals surface area contributed by atoms with Gasteiger partial charge in [0, 0.05) is 46.5 Å². The molecule has 1 unspecified atom stereocenters. The maximum Gasteiger partial charge on any atom is 0.122 e. The number of methoxy groups -OCH3 is 2. The zero-order valence-corrected chi connectivity index (χ0v) is 13.4. The van der Waals surface area contributed by atoms with E-state index in [2.05, 4.69) is 16.3 Å². The summed E-state index contributed by atoms with van der Waals surface area (Å²) in [6.07, 6.45) is 5.80. The molecule has 0 spiro atoms. The Bertz CT molecular complexity index is 350. The summed E-state index contributed by atoms with van der Waals surface area (Å²) < 4.78 is 10.4. The fourth-order valence-electron chi connectivity index (χ4n) is 2.90. The van der Waals surface area contributed by atoms with Gasteiger partial charge in [-0.05, 0) is 38.0 Å². The van der Waals surface area contributed by atoms with E-state index in [1.165, 1.54) is 25.7 Å². The van der Waals surface area contributed by atoms with Crippen LogP contribution in [0.25, 0.3) is 0 Å². The van der Waals surface area contributed by atoms with Crippen LogP contribution in [0, 0.1) is 17.2 Å². The van der Waals surface area contributed by atoms with Crippen molar-refractivity contribution < 1.29 is 9.47 Å². The summed E-state index contributed by atoms with van der Waals surface area (Å²) in [4.78, 5) is 2.36. The number of hydrogen-bond acceptors (Lipinski definition) is 5.